The molecule has 0 unspecified atom stereocenters. The van der Waals surface area contributed by atoms with Gasteiger partial charge in [0.1, 0.15) is 0 Å². The number of benzene rings is 1. The first-order valence-electron chi connectivity index (χ1n) is 6.23. The summed E-state index contributed by atoms with van der Waals surface area (Å²) in [6, 6.07) is 2.97. The van der Waals surface area contributed by atoms with Crippen LogP contribution in [0, 0.1) is 5.41 Å². The molecule has 5 heteroatoms. The first kappa shape index (κ1) is 15.0. The first-order chi connectivity index (χ1) is 8.91. The van der Waals surface area contributed by atoms with Gasteiger partial charge in [0.15, 0.2) is 0 Å². The number of ether oxygens (including phenoxy) is 1. The summed E-state index contributed by atoms with van der Waals surface area (Å²) in [4.78, 5) is 11.9. The normalized spacial score (nSPS) is 16.8. The molecule has 0 N–H and O–H groups in total. The van der Waals surface area contributed by atoms with Crippen molar-refractivity contribution in [3.8, 4) is 0 Å². The SMILES string of the molecule is CC1(CCOC(=O)c2cc(Cl)cc(Cl)c2Cl)CCC1. The van der Waals surface area contributed by atoms with Gasteiger partial charge in [0.2, 0.25) is 0 Å². The summed E-state index contributed by atoms with van der Waals surface area (Å²) < 4.78 is 5.25. The van der Waals surface area contributed by atoms with Crippen LogP contribution >= 0.6 is 34.8 Å². The highest BCUT2D eigenvalue weighted by molar-refractivity contribution is 6.45. The maximum absolute atomic E-state index is 11.9. The lowest BCUT2D eigenvalue weighted by molar-refractivity contribution is 0.0375. The number of hydrogen-bond donors (Lipinski definition) is 0. The first-order valence-corrected chi connectivity index (χ1v) is 7.36. The van der Waals surface area contributed by atoms with E-state index in [1.165, 1.54) is 31.4 Å². The molecule has 0 aromatic heterocycles. The van der Waals surface area contributed by atoms with Crippen molar-refractivity contribution < 1.29 is 9.53 Å². The Morgan fingerprint density at radius 2 is 2.00 bits per heavy atom. The number of rotatable bonds is 4. The molecule has 19 heavy (non-hydrogen) atoms. The van der Waals surface area contributed by atoms with E-state index < -0.39 is 5.97 Å². The van der Waals surface area contributed by atoms with Gasteiger partial charge in [-0.1, -0.05) is 48.1 Å². The smallest absolute Gasteiger partial charge is 0.339 e. The molecule has 0 heterocycles. The van der Waals surface area contributed by atoms with Crippen molar-refractivity contribution in [2.24, 2.45) is 5.41 Å². The molecule has 1 aromatic carbocycles. The van der Waals surface area contributed by atoms with E-state index in [1.54, 1.807) is 0 Å². The van der Waals surface area contributed by atoms with Crippen LogP contribution in [0.25, 0.3) is 0 Å². The monoisotopic (exact) mass is 320 g/mol. The molecule has 1 aliphatic rings. The van der Waals surface area contributed by atoms with Crippen molar-refractivity contribution >= 4 is 40.8 Å². The van der Waals surface area contributed by atoms with E-state index in [0.29, 0.717) is 17.0 Å². The molecule has 2 nitrogen and oxygen atoms in total. The van der Waals surface area contributed by atoms with E-state index in [1.807, 2.05) is 0 Å². The van der Waals surface area contributed by atoms with Gasteiger partial charge in [-0.05, 0) is 36.8 Å². The molecule has 1 aliphatic carbocycles. The van der Waals surface area contributed by atoms with Crippen molar-refractivity contribution in [1.29, 1.82) is 0 Å². The summed E-state index contributed by atoms with van der Waals surface area (Å²) in [6.07, 6.45) is 4.55. The highest BCUT2D eigenvalue weighted by atomic mass is 35.5. The van der Waals surface area contributed by atoms with Gasteiger partial charge in [0.05, 0.1) is 22.2 Å². The summed E-state index contributed by atoms with van der Waals surface area (Å²) in [6.45, 7) is 2.61. The molecule has 0 radical (unpaired) electrons. The van der Waals surface area contributed by atoms with E-state index in [-0.39, 0.29) is 15.6 Å². The fourth-order valence-corrected chi connectivity index (χ4v) is 2.88. The second kappa shape index (κ2) is 5.90. The molecule has 1 aromatic rings. The second-order valence-corrected chi connectivity index (χ2v) is 6.52. The van der Waals surface area contributed by atoms with Crippen LogP contribution in [-0.4, -0.2) is 12.6 Å². The fourth-order valence-electron chi connectivity index (χ4n) is 2.20. The van der Waals surface area contributed by atoms with Gasteiger partial charge >= 0.3 is 5.97 Å². The number of carbonyl (C=O) groups is 1. The lowest BCUT2D eigenvalue weighted by Crippen LogP contribution is -2.27. The van der Waals surface area contributed by atoms with Crippen molar-refractivity contribution in [3.05, 3.63) is 32.8 Å². The van der Waals surface area contributed by atoms with Crippen molar-refractivity contribution in [1.82, 2.24) is 0 Å². The minimum absolute atomic E-state index is 0.186. The van der Waals surface area contributed by atoms with Gasteiger partial charge in [-0.15, -0.1) is 0 Å². The van der Waals surface area contributed by atoms with E-state index in [9.17, 15) is 4.79 Å². The summed E-state index contributed by atoms with van der Waals surface area (Å²) in [5, 5.41) is 0.810. The summed E-state index contributed by atoms with van der Waals surface area (Å²) >= 11 is 17.7. The Kier molecular flexibility index (Phi) is 4.65. The van der Waals surface area contributed by atoms with Crippen LogP contribution in [0.3, 0.4) is 0 Å². The lowest BCUT2D eigenvalue weighted by Gasteiger charge is -2.38. The Balaban J connectivity index is 1.96. The minimum atomic E-state index is -0.475. The lowest BCUT2D eigenvalue weighted by atomic mass is 9.68. The van der Waals surface area contributed by atoms with E-state index >= 15 is 0 Å². The zero-order chi connectivity index (χ0) is 14.0. The maximum Gasteiger partial charge on any atom is 0.339 e. The molecule has 0 atom stereocenters. The molecule has 0 amide bonds. The van der Waals surface area contributed by atoms with Crippen molar-refractivity contribution in [2.75, 3.05) is 6.61 Å². The third kappa shape index (κ3) is 3.56. The molecule has 104 valence electrons. The summed E-state index contributed by atoms with van der Waals surface area (Å²) in [5.41, 5.74) is 0.550. The molecule has 0 spiro atoms. The summed E-state index contributed by atoms with van der Waals surface area (Å²) in [7, 11) is 0. The molecule has 2 rings (SSSR count). The molecule has 1 saturated carbocycles. The number of esters is 1. The Labute approximate surface area is 128 Å². The molecular weight excluding hydrogens is 307 g/mol. The zero-order valence-electron chi connectivity index (χ0n) is 10.6. The third-order valence-corrected chi connectivity index (χ3v) is 4.73. The topological polar surface area (TPSA) is 26.3 Å². The summed E-state index contributed by atoms with van der Waals surface area (Å²) in [5.74, 6) is -0.475. The molecular formula is C14H15Cl3O2. The quantitative estimate of drug-likeness (QED) is 0.549. The Morgan fingerprint density at radius 1 is 1.32 bits per heavy atom. The average molecular weight is 322 g/mol. The van der Waals surface area contributed by atoms with Crippen LogP contribution in [-0.2, 0) is 4.74 Å². The van der Waals surface area contributed by atoms with Crippen LogP contribution < -0.4 is 0 Å². The zero-order valence-corrected chi connectivity index (χ0v) is 12.9. The second-order valence-electron chi connectivity index (χ2n) is 5.30. The van der Waals surface area contributed by atoms with Crippen LogP contribution in [0.15, 0.2) is 12.1 Å². The van der Waals surface area contributed by atoms with Gasteiger partial charge in [-0.2, -0.15) is 0 Å². The number of hydrogen-bond acceptors (Lipinski definition) is 2. The molecule has 0 aliphatic heterocycles. The molecule has 0 saturated heterocycles. The highest BCUT2D eigenvalue weighted by Gasteiger charge is 2.31. The number of carbonyl (C=O) groups excluding carboxylic acids is 1. The largest absolute Gasteiger partial charge is 0.462 e. The predicted molar refractivity (Wildman–Crippen MR) is 78.3 cm³/mol. The van der Waals surface area contributed by atoms with Gasteiger partial charge in [-0.3, -0.25) is 0 Å². The van der Waals surface area contributed by atoms with Crippen molar-refractivity contribution in [3.63, 3.8) is 0 Å². The van der Waals surface area contributed by atoms with Gasteiger partial charge in [0, 0.05) is 5.02 Å². The van der Waals surface area contributed by atoms with Gasteiger partial charge in [0.25, 0.3) is 0 Å². The third-order valence-electron chi connectivity index (χ3n) is 3.71. The number of halogens is 3. The minimum Gasteiger partial charge on any atom is -0.462 e. The van der Waals surface area contributed by atoms with E-state index in [0.717, 1.165) is 6.42 Å². The van der Waals surface area contributed by atoms with E-state index in [2.05, 4.69) is 6.92 Å². The van der Waals surface area contributed by atoms with Crippen molar-refractivity contribution in [2.45, 2.75) is 32.6 Å². The van der Waals surface area contributed by atoms with Gasteiger partial charge in [-0.25, -0.2) is 4.79 Å². The predicted octanol–water partition coefficient (Wildman–Crippen LogP) is 5.38. The highest BCUT2D eigenvalue weighted by Crippen LogP contribution is 2.43. The average Bonchev–Trinajstić information content (AvgIpc) is 2.31. The van der Waals surface area contributed by atoms with Crippen LogP contribution in [0.4, 0.5) is 0 Å². The molecule has 1 fully saturated rings. The molecule has 0 bridgehead atoms. The van der Waals surface area contributed by atoms with Crippen LogP contribution in [0.5, 0.6) is 0 Å². The van der Waals surface area contributed by atoms with Crippen LogP contribution in [0.2, 0.25) is 15.1 Å². The standard InChI is InChI=1S/C14H15Cl3O2/c1-14(3-2-4-14)5-6-19-13(18)10-7-9(15)8-11(16)12(10)17/h7-8H,2-6H2,1H3. The van der Waals surface area contributed by atoms with Gasteiger partial charge < -0.3 is 4.74 Å². The van der Waals surface area contributed by atoms with E-state index in [4.69, 9.17) is 39.5 Å². The maximum atomic E-state index is 11.9. The fraction of sp³-hybridized carbons (Fsp3) is 0.500. The Morgan fingerprint density at radius 3 is 2.58 bits per heavy atom. The Bertz CT molecular complexity index is 496. The van der Waals surface area contributed by atoms with Crippen LogP contribution in [0.1, 0.15) is 43.0 Å². The Hall–Kier alpha value is -0.440.